The van der Waals surface area contributed by atoms with E-state index in [0.29, 0.717) is 27.7 Å². The van der Waals surface area contributed by atoms with E-state index in [4.69, 9.17) is 5.11 Å². The van der Waals surface area contributed by atoms with Crippen LogP contribution in [-0.4, -0.2) is 45.6 Å². The average molecular weight is 242 g/mol. The van der Waals surface area contributed by atoms with E-state index in [1.165, 1.54) is 0 Å². The number of nitrogens with one attached hydrogen (secondary N) is 2. The first-order chi connectivity index (χ1) is 4.63. The molecule has 0 aromatic carbocycles. The van der Waals surface area contributed by atoms with Crippen molar-refractivity contribution in [2.45, 2.75) is 0 Å². The predicted octanol–water partition coefficient (Wildman–Crippen LogP) is -1.80. The third kappa shape index (κ3) is 1.11. The van der Waals surface area contributed by atoms with E-state index in [9.17, 15) is 9.59 Å². The normalized spacial score (nSPS) is 9.60. The molecule has 0 amide bonds. The monoisotopic (exact) mass is 242 g/mol. The van der Waals surface area contributed by atoms with Crippen LogP contribution in [-0.2, 0) is 0 Å². The molecule has 1 aromatic rings. The Balaban J connectivity index is 3.31. The zero-order chi connectivity index (χ0) is 7.72. The Labute approximate surface area is 70.0 Å². The van der Waals surface area contributed by atoms with Gasteiger partial charge in [-0.25, -0.2) is 0 Å². The van der Waals surface area contributed by atoms with Gasteiger partial charge in [-0.1, -0.05) is 0 Å². The second-order valence-corrected chi connectivity index (χ2v) is 3.32. The summed E-state index contributed by atoms with van der Waals surface area (Å²) in [5.41, 5.74) is -0.354. The molecule has 5 nitrogen and oxygen atoms in total. The van der Waals surface area contributed by atoms with Crippen LogP contribution in [0, 0.1) is 0 Å². The molecule has 0 aliphatic rings. The van der Waals surface area contributed by atoms with Crippen molar-refractivity contribution >= 4 is 33.7 Å². The molecule has 10 heavy (non-hydrogen) atoms. The SMILES string of the molecule is O=C(O)c1[nH][nH]c(=O)[c]1[In]. The molecule has 50 valence electrons. The van der Waals surface area contributed by atoms with Crippen molar-refractivity contribution in [3.63, 3.8) is 0 Å². The molecule has 0 atom stereocenters. The van der Waals surface area contributed by atoms with Crippen LogP contribution in [0.1, 0.15) is 10.5 Å². The van der Waals surface area contributed by atoms with Crippen LogP contribution in [0.25, 0.3) is 0 Å². The molecule has 0 unspecified atom stereocenters. The number of carboxylic acid groups (broad SMARTS) is 1. The Kier molecular flexibility index (Phi) is 1.89. The summed E-state index contributed by atoms with van der Waals surface area (Å²) in [7, 11) is 0. The number of aromatic nitrogens is 2. The Morgan fingerprint density at radius 2 is 2.10 bits per heavy atom. The third-order valence-electron chi connectivity index (χ3n) is 1.03. The molecule has 0 aliphatic carbocycles. The fourth-order valence-corrected chi connectivity index (χ4v) is 1.30. The van der Waals surface area contributed by atoms with Gasteiger partial charge in [0.1, 0.15) is 0 Å². The van der Waals surface area contributed by atoms with E-state index in [0.717, 1.165) is 0 Å². The first-order valence-corrected chi connectivity index (χ1v) is 4.07. The van der Waals surface area contributed by atoms with E-state index < -0.39 is 5.97 Å². The summed E-state index contributed by atoms with van der Waals surface area (Å²) >= 11 is 0.506. The van der Waals surface area contributed by atoms with Gasteiger partial charge in [0.25, 0.3) is 0 Å². The first-order valence-electron chi connectivity index (χ1n) is 2.42. The number of aromatic amines is 2. The van der Waals surface area contributed by atoms with Crippen molar-refractivity contribution in [1.82, 2.24) is 10.2 Å². The second-order valence-electron chi connectivity index (χ2n) is 1.67. The molecule has 1 rings (SSSR count). The van der Waals surface area contributed by atoms with Crippen molar-refractivity contribution < 1.29 is 9.90 Å². The number of carboxylic acids is 1. The summed E-state index contributed by atoms with van der Waals surface area (Å²) < 4.78 is 0.331. The summed E-state index contributed by atoms with van der Waals surface area (Å²) in [6.45, 7) is 0. The topological polar surface area (TPSA) is 85.9 Å². The average Bonchev–Trinajstić information content (AvgIpc) is 2.14. The summed E-state index contributed by atoms with van der Waals surface area (Å²) in [5.74, 6) is -1.10. The Morgan fingerprint density at radius 3 is 2.30 bits per heavy atom. The molecule has 0 spiro atoms. The molecule has 0 saturated heterocycles. The van der Waals surface area contributed by atoms with E-state index in [-0.39, 0.29) is 11.3 Å². The van der Waals surface area contributed by atoms with Gasteiger partial charge in [-0.2, -0.15) is 0 Å². The van der Waals surface area contributed by atoms with Crippen LogP contribution in [0.3, 0.4) is 0 Å². The number of H-pyrrole nitrogens is 2. The first kappa shape index (κ1) is 7.46. The van der Waals surface area contributed by atoms with Crippen molar-refractivity contribution in [3.05, 3.63) is 16.0 Å². The molecule has 2 radical (unpaired) electrons. The van der Waals surface area contributed by atoms with Gasteiger partial charge in [0, 0.05) is 0 Å². The van der Waals surface area contributed by atoms with Crippen LogP contribution < -0.4 is 8.88 Å². The van der Waals surface area contributed by atoms with Gasteiger partial charge in [-0.15, -0.1) is 0 Å². The molecule has 0 saturated carbocycles. The van der Waals surface area contributed by atoms with Crippen LogP contribution in [0.15, 0.2) is 4.79 Å². The van der Waals surface area contributed by atoms with Crippen LogP contribution >= 0.6 is 0 Å². The Hall–Kier alpha value is -0.650. The van der Waals surface area contributed by atoms with E-state index in [2.05, 4.69) is 10.2 Å². The molecular formula is C4H3InN2O3. The van der Waals surface area contributed by atoms with E-state index in [1.807, 2.05) is 0 Å². The standard InChI is InChI=1S/C4H3N2O3.In/c7-3-1-2(4(8)9)5-6-3;/h(H,8,9)(H2,5,6,7);. The number of aromatic carboxylic acids is 1. The number of hydrogen-bond acceptors (Lipinski definition) is 2. The van der Waals surface area contributed by atoms with Gasteiger partial charge in [-0.3, -0.25) is 0 Å². The molecule has 3 N–H and O–H groups in total. The zero-order valence-corrected chi connectivity index (χ0v) is 8.14. The van der Waals surface area contributed by atoms with Crippen molar-refractivity contribution in [2.24, 2.45) is 0 Å². The molecule has 0 bridgehead atoms. The van der Waals surface area contributed by atoms with Crippen molar-refractivity contribution in [1.29, 1.82) is 0 Å². The second kappa shape index (κ2) is 2.53. The van der Waals surface area contributed by atoms with E-state index >= 15 is 0 Å². The van der Waals surface area contributed by atoms with Crippen LogP contribution in [0.5, 0.6) is 0 Å². The number of carbonyl (C=O) groups is 1. The van der Waals surface area contributed by atoms with Gasteiger partial charge in [0.05, 0.1) is 0 Å². The van der Waals surface area contributed by atoms with Crippen LogP contribution in [0.4, 0.5) is 0 Å². The van der Waals surface area contributed by atoms with Gasteiger partial charge in [0.2, 0.25) is 0 Å². The zero-order valence-electron chi connectivity index (χ0n) is 4.84. The Morgan fingerprint density at radius 1 is 1.50 bits per heavy atom. The molecule has 6 heteroatoms. The van der Waals surface area contributed by atoms with Crippen LogP contribution in [0.2, 0.25) is 0 Å². The summed E-state index contributed by atoms with van der Waals surface area (Å²) in [5, 5.41) is 12.9. The minimum atomic E-state index is -1.10. The number of hydrogen-bond donors (Lipinski definition) is 3. The fraction of sp³-hybridized carbons (Fsp3) is 0. The predicted molar refractivity (Wildman–Crippen MR) is 33.8 cm³/mol. The summed E-state index contributed by atoms with van der Waals surface area (Å²) in [4.78, 5) is 20.9. The Bertz CT molecular complexity index is 313. The molecule has 1 aromatic heterocycles. The minimum absolute atomic E-state index is 0.0209. The molecule has 1 heterocycles. The van der Waals surface area contributed by atoms with Gasteiger partial charge < -0.3 is 0 Å². The third-order valence-corrected chi connectivity index (χ3v) is 2.60. The molecule has 0 aliphatic heterocycles. The molecular weight excluding hydrogens is 239 g/mol. The number of rotatable bonds is 1. The summed E-state index contributed by atoms with van der Waals surface area (Å²) in [6.07, 6.45) is 0. The quantitative estimate of drug-likeness (QED) is 0.542. The fourth-order valence-electron chi connectivity index (χ4n) is 0.536. The van der Waals surface area contributed by atoms with E-state index in [1.54, 1.807) is 0 Å². The van der Waals surface area contributed by atoms with Gasteiger partial charge in [-0.05, 0) is 0 Å². The van der Waals surface area contributed by atoms with Gasteiger partial charge in [0.15, 0.2) is 0 Å². The maximum atomic E-state index is 10.6. The molecule has 0 fully saturated rings. The maximum absolute atomic E-state index is 10.6. The van der Waals surface area contributed by atoms with Gasteiger partial charge >= 0.3 is 69.8 Å². The van der Waals surface area contributed by atoms with Crippen molar-refractivity contribution in [2.75, 3.05) is 0 Å². The summed E-state index contributed by atoms with van der Waals surface area (Å²) in [6, 6.07) is 0. The van der Waals surface area contributed by atoms with Crippen molar-refractivity contribution in [3.8, 4) is 0 Å².